The van der Waals surface area contributed by atoms with Gasteiger partial charge in [-0.3, -0.25) is 33.7 Å². The minimum atomic E-state index is -3.05. The molecule has 3 aliphatic carbocycles. The summed E-state index contributed by atoms with van der Waals surface area (Å²) in [5.41, 5.74) is 3.96. The second-order valence-corrected chi connectivity index (χ2v) is 11.0. The molecule has 40 heavy (non-hydrogen) atoms. The molecule has 11 nitrogen and oxygen atoms in total. The number of aromatic hydroxyl groups is 1. The summed E-state index contributed by atoms with van der Waals surface area (Å²) in [4.78, 5) is 79.2. The van der Waals surface area contributed by atoms with Crippen LogP contribution in [0.25, 0.3) is 11.1 Å². The summed E-state index contributed by atoms with van der Waals surface area (Å²) in [5, 5.41) is 34.2. The Morgan fingerprint density at radius 1 is 1.02 bits per heavy atom. The lowest BCUT2D eigenvalue weighted by atomic mass is 9.49. The Morgan fingerprint density at radius 2 is 1.65 bits per heavy atom. The Bertz CT molecular complexity index is 1500. The van der Waals surface area contributed by atoms with Crippen LogP contribution in [0.15, 0.2) is 36.4 Å². The van der Waals surface area contributed by atoms with Gasteiger partial charge in [0.05, 0.1) is 29.5 Å². The lowest BCUT2D eigenvalue weighted by Crippen LogP contribution is -2.77. The normalized spacial score (nSPS) is 33.3. The van der Waals surface area contributed by atoms with Gasteiger partial charge in [0.2, 0.25) is 5.91 Å². The third-order valence-corrected chi connectivity index (χ3v) is 8.83. The van der Waals surface area contributed by atoms with Gasteiger partial charge < -0.3 is 21.1 Å². The average molecular weight is 549 g/mol. The van der Waals surface area contributed by atoms with E-state index in [0.717, 1.165) is 0 Å². The predicted molar refractivity (Wildman–Crippen MR) is 138 cm³/mol. The van der Waals surface area contributed by atoms with E-state index >= 15 is 0 Å². The van der Waals surface area contributed by atoms with Crippen LogP contribution in [0.4, 0.5) is 0 Å². The van der Waals surface area contributed by atoms with Gasteiger partial charge in [-0.05, 0) is 42.8 Å². The number of aldehydes is 1. The number of carbonyl (C=O) groups excluding carboxylic acids is 6. The molecule has 0 spiro atoms. The van der Waals surface area contributed by atoms with Gasteiger partial charge in [-0.1, -0.05) is 37.3 Å². The van der Waals surface area contributed by atoms with E-state index in [1.807, 2.05) is 0 Å². The van der Waals surface area contributed by atoms with Gasteiger partial charge >= 0.3 is 0 Å². The van der Waals surface area contributed by atoms with Gasteiger partial charge in [0.1, 0.15) is 12.0 Å². The number of hydrogen-bond donors (Lipinski definition) is 4. The number of amides is 1. The maximum atomic E-state index is 14.0. The monoisotopic (exact) mass is 548 g/mol. The maximum absolute atomic E-state index is 14.0. The Labute approximate surface area is 228 Å². The molecule has 5 N–H and O–H groups in total. The largest absolute Gasteiger partial charge is 0.507 e. The number of hydrogen-bond acceptors (Lipinski definition) is 10. The van der Waals surface area contributed by atoms with E-state index in [0.29, 0.717) is 28.5 Å². The van der Waals surface area contributed by atoms with Crippen molar-refractivity contribution in [2.75, 3.05) is 14.1 Å². The van der Waals surface area contributed by atoms with E-state index in [-0.39, 0.29) is 5.56 Å². The first-order chi connectivity index (χ1) is 18.8. The van der Waals surface area contributed by atoms with Crippen molar-refractivity contribution in [3.8, 4) is 16.9 Å². The fourth-order valence-electron chi connectivity index (χ4n) is 7.06. The van der Waals surface area contributed by atoms with Gasteiger partial charge in [-0.25, -0.2) is 0 Å². The number of carbonyl (C=O) groups is 6. The zero-order valence-corrected chi connectivity index (χ0v) is 21.9. The number of aliphatic hydroxyl groups is 2. The summed E-state index contributed by atoms with van der Waals surface area (Å²) < 4.78 is 0. The van der Waals surface area contributed by atoms with Gasteiger partial charge in [-0.2, -0.15) is 0 Å². The molecule has 2 unspecified atom stereocenters. The first-order valence-electron chi connectivity index (χ1n) is 12.7. The summed E-state index contributed by atoms with van der Waals surface area (Å²) in [6.45, 7) is 1.65. The molecule has 0 heterocycles. The summed E-state index contributed by atoms with van der Waals surface area (Å²) in [6.07, 6.45) is -1.05. The molecule has 2 aromatic rings. The van der Waals surface area contributed by atoms with Crippen molar-refractivity contribution in [2.45, 2.75) is 30.6 Å². The highest BCUT2D eigenvalue weighted by molar-refractivity contribution is 6.32. The van der Waals surface area contributed by atoms with Gasteiger partial charge in [0.25, 0.3) is 0 Å². The minimum absolute atomic E-state index is 0.191. The average Bonchev–Trinajstić information content (AvgIpc) is 2.90. The van der Waals surface area contributed by atoms with Crippen LogP contribution < -0.4 is 5.73 Å². The predicted octanol–water partition coefficient (Wildman–Crippen LogP) is -0.122. The van der Waals surface area contributed by atoms with Crippen LogP contribution in [0.5, 0.6) is 5.75 Å². The van der Waals surface area contributed by atoms with E-state index in [2.05, 4.69) is 0 Å². The third kappa shape index (κ3) is 3.48. The molecule has 3 aliphatic rings. The highest BCUT2D eigenvalue weighted by Crippen LogP contribution is 2.55. The number of benzene rings is 2. The quantitative estimate of drug-likeness (QED) is 0.296. The first kappa shape index (κ1) is 27.5. The van der Waals surface area contributed by atoms with Crippen molar-refractivity contribution in [1.82, 2.24) is 4.90 Å². The molecule has 1 amide bonds. The molecule has 8 atom stereocenters. The van der Waals surface area contributed by atoms with Crippen molar-refractivity contribution >= 4 is 35.3 Å². The summed E-state index contributed by atoms with van der Waals surface area (Å²) >= 11 is 0. The molecule has 2 saturated carbocycles. The summed E-state index contributed by atoms with van der Waals surface area (Å²) in [7, 11) is 2.87. The zero-order chi connectivity index (χ0) is 29.4. The molecule has 5 rings (SSSR count). The number of phenolic OH excluding ortho intramolecular Hbond substituents is 1. The third-order valence-electron chi connectivity index (χ3n) is 8.83. The fraction of sp³-hybridized carbons (Fsp3) is 0.379. The second-order valence-electron chi connectivity index (χ2n) is 11.0. The number of ketones is 4. The Balaban J connectivity index is 1.73. The van der Waals surface area contributed by atoms with Crippen molar-refractivity contribution in [3.63, 3.8) is 0 Å². The van der Waals surface area contributed by atoms with Crippen LogP contribution in [-0.4, -0.2) is 87.4 Å². The first-order valence-corrected chi connectivity index (χ1v) is 12.7. The van der Waals surface area contributed by atoms with E-state index in [1.54, 1.807) is 37.3 Å². The van der Waals surface area contributed by atoms with Crippen LogP contribution in [-0.2, 0) is 19.2 Å². The molecule has 0 bridgehead atoms. The molecule has 0 aromatic heterocycles. The molecule has 208 valence electrons. The van der Waals surface area contributed by atoms with E-state index in [9.17, 15) is 44.1 Å². The van der Waals surface area contributed by atoms with Crippen molar-refractivity contribution in [3.05, 3.63) is 53.1 Å². The lowest BCUT2D eigenvalue weighted by Gasteiger charge is -2.56. The van der Waals surface area contributed by atoms with Crippen LogP contribution >= 0.6 is 0 Å². The molecular formula is C29H28N2O9. The molecule has 0 radical (unpaired) electrons. The molecule has 11 heteroatoms. The summed E-state index contributed by atoms with van der Waals surface area (Å²) in [6, 6.07) is 7.89. The van der Waals surface area contributed by atoms with Crippen molar-refractivity contribution in [2.24, 2.45) is 29.4 Å². The van der Waals surface area contributed by atoms with Gasteiger partial charge in [-0.15, -0.1) is 0 Å². The van der Waals surface area contributed by atoms with Gasteiger partial charge in [0, 0.05) is 11.5 Å². The van der Waals surface area contributed by atoms with Crippen LogP contribution in [0.2, 0.25) is 0 Å². The number of primary amides is 1. The topological polar surface area (TPSA) is 192 Å². The van der Waals surface area contributed by atoms with Crippen LogP contribution in [0.1, 0.15) is 39.1 Å². The maximum Gasteiger partial charge on any atom is 0.235 e. The standard InChI is InChI=1S/C29H28N2O9/c1-11-16-14(13-6-4-12(10-32)5-7-13)8-9-15(33)18(16)23(34)19-17(11)24(35)21-22(31(2)3)25(36)20(28(30)39)27(38)29(21,40)26(19)37/h4-11,17,19-22,24,33,35,40H,1-3H3,(H2,30,39)/t11-,17+,19?,20?,21+,22-,24-,29-/m0/s1. The van der Waals surface area contributed by atoms with E-state index in [1.165, 1.54) is 25.1 Å². The number of phenols is 1. The molecule has 2 fully saturated rings. The lowest BCUT2D eigenvalue weighted by molar-refractivity contribution is -0.196. The molecule has 2 aromatic carbocycles. The Morgan fingerprint density at radius 3 is 2.20 bits per heavy atom. The number of nitrogens with zero attached hydrogens (tertiary/aromatic N) is 1. The fourth-order valence-corrected chi connectivity index (χ4v) is 7.06. The SMILES string of the molecule is C[C@H]1c2c(-c3ccc(C=O)cc3)ccc(O)c2C(=O)C2C(=O)[C@]3(O)C(=O)C(C(N)=O)C(=O)[C@@H](N(C)C)[C@@H]3[C@@H](O)[C@@H]21. The molecular weight excluding hydrogens is 520 g/mol. The molecule has 0 aliphatic heterocycles. The minimum Gasteiger partial charge on any atom is -0.507 e. The van der Waals surface area contributed by atoms with E-state index in [4.69, 9.17) is 5.73 Å². The second kappa shape index (κ2) is 9.26. The highest BCUT2D eigenvalue weighted by Gasteiger charge is 2.73. The Kier molecular flexibility index (Phi) is 6.36. The van der Waals surface area contributed by atoms with E-state index < -0.39 is 82.1 Å². The highest BCUT2D eigenvalue weighted by atomic mass is 16.3. The van der Waals surface area contributed by atoms with Crippen LogP contribution in [0, 0.1) is 23.7 Å². The number of nitrogens with two attached hydrogens (primary N) is 1. The smallest absolute Gasteiger partial charge is 0.235 e. The summed E-state index contributed by atoms with van der Waals surface area (Å²) in [5.74, 6) is -13.9. The van der Waals surface area contributed by atoms with Crippen molar-refractivity contribution in [1.29, 1.82) is 0 Å². The number of likely N-dealkylation sites (N-methyl/N-ethyl adjacent to an activating group) is 1. The molecule has 0 saturated heterocycles. The number of fused-ring (bicyclic) bond motifs is 3. The van der Waals surface area contributed by atoms with Crippen molar-refractivity contribution < 1.29 is 44.1 Å². The number of aliphatic hydroxyl groups excluding tert-OH is 1. The number of Topliss-reactive ketones (excluding diaryl/α,β-unsaturated/α-hetero) is 4. The Hall–Kier alpha value is -4.06. The number of rotatable bonds is 4. The zero-order valence-electron chi connectivity index (χ0n) is 21.9. The van der Waals surface area contributed by atoms with Crippen LogP contribution in [0.3, 0.4) is 0 Å². The van der Waals surface area contributed by atoms with Gasteiger partial charge in [0.15, 0.2) is 34.7 Å².